The number of aliphatic carboxylic acids is 1. The Labute approximate surface area is 184 Å². The molecule has 3 amide bonds. The Bertz CT molecular complexity index is 978. The van der Waals surface area contributed by atoms with Crippen LogP contribution < -0.4 is 22.1 Å². The lowest BCUT2D eigenvalue weighted by molar-refractivity contribution is -0.139. The van der Waals surface area contributed by atoms with Gasteiger partial charge in [0.15, 0.2) is 0 Å². The van der Waals surface area contributed by atoms with Crippen LogP contribution in [0.15, 0.2) is 36.4 Å². The highest BCUT2D eigenvalue weighted by molar-refractivity contribution is 7.20. The molecule has 3 rings (SSSR count). The van der Waals surface area contributed by atoms with E-state index in [4.69, 9.17) is 11.5 Å². The number of urea groups is 1. The summed E-state index contributed by atoms with van der Waals surface area (Å²) in [6.45, 7) is 0. The van der Waals surface area contributed by atoms with Crippen LogP contribution in [0.4, 0.5) is 9.80 Å². The zero-order chi connectivity index (χ0) is 22.4. The lowest BCUT2D eigenvalue weighted by Crippen LogP contribution is -2.41. The largest absolute Gasteiger partial charge is 0.480 e. The molecule has 0 saturated heterocycles. The van der Waals surface area contributed by atoms with Crippen LogP contribution in [0, 0.1) is 0 Å². The van der Waals surface area contributed by atoms with Crippen molar-refractivity contribution < 1.29 is 19.5 Å². The van der Waals surface area contributed by atoms with E-state index >= 15 is 0 Å². The molecule has 0 spiro atoms. The highest BCUT2D eigenvalue weighted by atomic mass is 32.1. The fraction of sp³-hybridized carbons (Fsp3) is 0.318. The molecule has 8 nitrogen and oxygen atoms in total. The van der Waals surface area contributed by atoms with Gasteiger partial charge in [0.1, 0.15) is 11.0 Å². The molecule has 1 saturated carbocycles. The Morgan fingerprint density at radius 2 is 1.84 bits per heavy atom. The smallest absolute Gasteiger partial charge is 0.321 e. The van der Waals surface area contributed by atoms with E-state index in [1.807, 2.05) is 36.4 Å². The first kappa shape index (κ1) is 22.5. The fourth-order valence-corrected chi connectivity index (χ4v) is 4.71. The number of hydrogen-bond acceptors (Lipinski definition) is 5. The number of carboxylic acid groups (broad SMARTS) is 1. The van der Waals surface area contributed by atoms with Crippen molar-refractivity contribution in [3.05, 3.63) is 47.5 Å². The minimum Gasteiger partial charge on any atom is -0.480 e. The van der Waals surface area contributed by atoms with Gasteiger partial charge in [-0.25, -0.2) is 4.79 Å². The molecule has 0 unspecified atom stereocenters. The van der Waals surface area contributed by atoms with Gasteiger partial charge in [-0.3, -0.25) is 14.9 Å². The van der Waals surface area contributed by atoms with Crippen molar-refractivity contribution in [1.29, 1.82) is 0 Å². The third kappa shape index (κ3) is 6.16. The second-order valence-corrected chi connectivity index (χ2v) is 8.56. The van der Waals surface area contributed by atoms with E-state index in [9.17, 15) is 19.5 Å². The van der Waals surface area contributed by atoms with Gasteiger partial charge < -0.3 is 21.9 Å². The van der Waals surface area contributed by atoms with Gasteiger partial charge >= 0.3 is 12.0 Å². The van der Waals surface area contributed by atoms with Crippen LogP contribution >= 0.6 is 11.3 Å². The van der Waals surface area contributed by atoms with Gasteiger partial charge in [-0.1, -0.05) is 49.3 Å². The summed E-state index contributed by atoms with van der Waals surface area (Å²) in [6, 6.07) is 8.12. The molecule has 2 aromatic rings. The summed E-state index contributed by atoms with van der Waals surface area (Å²) in [4.78, 5) is 35.0. The van der Waals surface area contributed by atoms with Crippen LogP contribution in [0.25, 0.3) is 16.5 Å². The maximum atomic E-state index is 11.6. The summed E-state index contributed by atoms with van der Waals surface area (Å²) in [6.07, 6.45) is 8.52. The first-order valence-corrected chi connectivity index (χ1v) is 10.9. The van der Waals surface area contributed by atoms with Crippen molar-refractivity contribution in [2.24, 2.45) is 11.5 Å². The molecule has 0 aliphatic heterocycles. The number of carboxylic acids is 1. The number of primary amides is 2. The first-order valence-electron chi connectivity index (χ1n) is 10.1. The molecular formula is C22H26N4O4S. The number of nitrogens with one attached hydrogen (secondary N) is 2. The van der Waals surface area contributed by atoms with Gasteiger partial charge in [0.05, 0.1) is 5.56 Å². The number of benzene rings is 1. The van der Waals surface area contributed by atoms with E-state index in [1.54, 1.807) is 6.07 Å². The Morgan fingerprint density at radius 1 is 1.16 bits per heavy atom. The molecule has 7 N–H and O–H groups in total. The fourth-order valence-electron chi connectivity index (χ4n) is 3.64. The average molecular weight is 443 g/mol. The van der Waals surface area contributed by atoms with Crippen molar-refractivity contribution in [3.63, 3.8) is 0 Å². The van der Waals surface area contributed by atoms with Crippen LogP contribution in [0.3, 0.4) is 0 Å². The van der Waals surface area contributed by atoms with E-state index in [1.165, 1.54) is 11.3 Å². The first-order chi connectivity index (χ1) is 14.8. The second kappa shape index (κ2) is 10.2. The molecule has 1 fully saturated rings. The second-order valence-electron chi connectivity index (χ2n) is 7.51. The summed E-state index contributed by atoms with van der Waals surface area (Å²) < 4.78 is 0. The normalized spacial score (nSPS) is 15.2. The third-order valence-electron chi connectivity index (χ3n) is 5.20. The number of amides is 3. The summed E-state index contributed by atoms with van der Waals surface area (Å²) in [5.41, 5.74) is 12.5. The number of hydrogen-bond donors (Lipinski definition) is 5. The number of carbonyl (C=O) groups excluding carboxylic acids is 2. The maximum Gasteiger partial charge on any atom is 0.321 e. The van der Waals surface area contributed by atoms with Crippen LogP contribution in [-0.4, -0.2) is 35.1 Å². The minimum atomic E-state index is -0.838. The van der Waals surface area contributed by atoms with E-state index in [0.29, 0.717) is 17.5 Å². The lowest BCUT2D eigenvalue weighted by atomic mass is 10.1. The highest BCUT2D eigenvalue weighted by Gasteiger charge is 2.22. The predicted molar refractivity (Wildman–Crippen MR) is 122 cm³/mol. The number of nitrogens with two attached hydrogens (primary N) is 2. The van der Waals surface area contributed by atoms with Crippen molar-refractivity contribution in [1.82, 2.24) is 5.32 Å². The molecule has 9 heteroatoms. The molecule has 1 aromatic carbocycles. The van der Waals surface area contributed by atoms with Crippen molar-refractivity contribution >= 4 is 40.3 Å². The monoisotopic (exact) mass is 442 g/mol. The predicted octanol–water partition coefficient (Wildman–Crippen LogP) is 3.39. The highest BCUT2D eigenvalue weighted by Crippen LogP contribution is 2.35. The summed E-state index contributed by atoms with van der Waals surface area (Å²) in [5, 5.41) is 15.4. The van der Waals surface area contributed by atoms with E-state index in [-0.39, 0.29) is 5.56 Å². The lowest BCUT2D eigenvalue weighted by Gasteiger charge is -2.18. The SMILES string of the molecule is NC(=O)Nc1sc(-c2ccc(C=CC[C@H](NC3CCCC3)C(=O)O)cc2)cc1C(N)=O. The molecule has 31 heavy (non-hydrogen) atoms. The van der Waals surface area contributed by atoms with Gasteiger partial charge in [0, 0.05) is 10.9 Å². The van der Waals surface area contributed by atoms with Crippen molar-refractivity contribution in [3.8, 4) is 10.4 Å². The molecule has 1 aliphatic rings. The van der Waals surface area contributed by atoms with Gasteiger partial charge in [-0.2, -0.15) is 0 Å². The van der Waals surface area contributed by atoms with Crippen molar-refractivity contribution in [2.75, 3.05) is 5.32 Å². The molecule has 1 aromatic heterocycles. The molecule has 1 atom stereocenters. The van der Waals surface area contributed by atoms with Gasteiger partial charge in [-0.15, -0.1) is 11.3 Å². The number of thiophene rings is 1. The Morgan fingerprint density at radius 3 is 2.42 bits per heavy atom. The molecule has 164 valence electrons. The van der Waals surface area contributed by atoms with Gasteiger partial charge in [0.2, 0.25) is 0 Å². The minimum absolute atomic E-state index is 0.206. The quantitative estimate of drug-likeness (QED) is 0.404. The summed E-state index contributed by atoms with van der Waals surface area (Å²) in [7, 11) is 0. The Kier molecular flexibility index (Phi) is 7.43. The Hall–Kier alpha value is -3.17. The zero-order valence-electron chi connectivity index (χ0n) is 17.0. The van der Waals surface area contributed by atoms with E-state index < -0.39 is 23.9 Å². The molecule has 1 aliphatic carbocycles. The standard InChI is InChI=1S/C22H26N4O4S/c23-19(27)16-12-18(31-20(16)26-22(24)30)14-10-8-13(9-11-14)4-3-7-17(21(28)29)25-15-5-1-2-6-15/h3-4,8-12,15,17,25H,1-2,5-7H2,(H2,23,27)(H,28,29)(H3,24,26,30)/t17-/m0/s1. The van der Waals surface area contributed by atoms with Crippen LogP contribution in [0.1, 0.15) is 48.0 Å². The maximum absolute atomic E-state index is 11.6. The molecule has 0 radical (unpaired) electrons. The van der Waals surface area contributed by atoms with E-state index in [2.05, 4.69) is 10.6 Å². The van der Waals surface area contributed by atoms with E-state index in [0.717, 1.165) is 41.7 Å². The molecular weight excluding hydrogens is 416 g/mol. The topological polar surface area (TPSA) is 148 Å². The van der Waals surface area contributed by atoms with Gasteiger partial charge in [0.25, 0.3) is 5.91 Å². The van der Waals surface area contributed by atoms with Crippen molar-refractivity contribution in [2.45, 2.75) is 44.2 Å². The number of carbonyl (C=O) groups is 3. The summed E-state index contributed by atoms with van der Waals surface area (Å²) >= 11 is 1.21. The zero-order valence-corrected chi connectivity index (χ0v) is 17.8. The molecule has 1 heterocycles. The Balaban J connectivity index is 1.66. The number of anilines is 1. The summed E-state index contributed by atoms with van der Waals surface area (Å²) in [5.74, 6) is -1.49. The van der Waals surface area contributed by atoms with Crippen LogP contribution in [0.5, 0.6) is 0 Å². The number of rotatable bonds is 9. The van der Waals surface area contributed by atoms with Crippen LogP contribution in [0.2, 0.25) is 0 Å². The average Bonchev–Trinajstić information content (AvgIpc) is 3.37. The third-order valence-corrected chi connectivity index (χ3v) is 6.30. The van der Waals surface area contributed by atoms with Crippen LogP contribution in [-0.2, 0) is 4.79 Å². The van der Waals surface area contributed by atoms with Gasteiger partial charge in [-0.05, 0) is 36.5 Å². The molecule has 0 bridgehead atoms.